The van der Waals surface area contributed by atoms with Crippen LogP contribution in [-0.4, -0.2) is 41.0 Å². The average Bonchev–Trinajstić information content (AvgIpc) is 3.20. The maximum Gasteiger partial charge on any atom is 0.254 e. The summed E-state index contributed by atoms with van der Waals surface area (Å²) >= 11 is 1.44. The molecule has 0 saturated carbocycles. The molecule has 0 bridgehead atoms. The molecule has 6 heteroatoms. The molecule has 0 fully saturated rings. The summed E-state index contributed by atoms with van der Waals surface area (Å²) in [6.07, 6.45) is 0.382. The Bertz CT molecular complexity index is 648. The molecular formula is C20H28N2O3S. The summed E-state index contributed by atoms with van der Waals surface area (Å²) in [7, 11) is 0. The lowest BCUT2D eigenvalue weighted by molar-refractivity contribution is 0.0588. The third kappa shape index (κ3) is 5.92. The summed E-state index contributed by atoms with van der Waals surface area (Å²) in [5.74, 6) is -0.0549. The van der Waals surface area contributed by atoms with E-state index < -0.39 is 12.3 Å². The zero-order valence-corrected chi connectivity index (χ0v) is 16.1. The van der Waals surface area contributed by atoms with Gasteiger partial charge in [-0.2, -0.15) is 11.3 Å². The van der Waals surface area contributed by atoms with Gasteiger partial charge < -0.3 is 20.8 Å². The van der Waals surface area contributed by atoms with Crippen LogP contribution >= 0.6 is 11.3 Å². The molecule has 1 amide bonds. The molecule has 2 aromatic rings. The molecule has 2 rings (SSSR count). The largest absolute Gasteiger partial charge is 0.395 e. The molecule has 4 atom stereocenters. The quantitative estimate of drug-likeness (QED) is 0.480. The Kier molecular flexibility index (Phi) is 8.25. The minimum atomic E-state index is -1.07. The third-order valence-corrected chi connectivity index (χ3v) is 5.38. The molecule has 0 aliphatic heterocycles. The summed E-state index contributed by atoms with van der Waals surface area (Å²) in [6.45, 7) is 4.10. The van der Waals surface area contributed by atoms with E-state index in [9.17, 15) is 15.0 Å². The molecule has 1 aromatic carbocycles. The third-order valence-electron chi connectivity index (χ3n) is 4.70. The van der Waals surface area contributed by atoms with Crippen LogP contribution in [0.1, 0.15) is 36.2 Å². The molecule has 4 unspecified atom stereocenters. The zero-order chi connectivity index (χ0) is 18.9. The molecule has 1 aromatic heterocycles. The lowest BCUT2D eigenvalue weighted by atomic mass is 9.96. The van der Waals surface area contributed by atoms with E-state index >= 15 is 0 Å². The Balaban J connectivity index is 2.11. The minimum Gasteiger partial charge on any atom is -0.395 e. The van der Waals surface area contributed by atoms with E-state index in [1.54, 1.807) is 11.4 Å². The van der Waals surface area contributed by atoms with E-state index in [1.165, 1.54) is 11.3 Å². The monoisotopic (exact) mass is 376 g/mol. The van der Waals surface area contributed by atoms with E-state index in [1.807, 2.05) is 35.7 Å². The highest BCUT2D eigenvalue weighted by molar-refractivity contribution is 7.08. The molecule has 26 heavy (non-hydrogen) atoms. The first-order valence-corrected chi connectivity index (χ1v) is 9.91. The normalized spacial score (nSPS) is 15.8. The highest BCUT2D eigenvalue weighted by Crippen LogP contribution is 2.13. The number of hydrogen-bond donors (Lipinski definition) is 4. The standard InChI is InChI=1S/C20H28N2O3S/c1-3-14(2)18(12-23)21-17(11-15-7-5-4-6-8-15)20(25)22-19(24)16-9-10-26-13-16/h4-10,13-14,17-18,20-21,23,25H,3,11-12H2,1-2H3,(H,22,24). The van der Waals surface area contributed by atoms with Crippen molar-refractivity contribution in [1.82, 2.24) is 10.6 Å². The number of rotatable bonds is 10. The molecular weight excluding hydrogens is 348 g/mol. The zero-order valence-electron chi connectivity index (χ0n) is 15.3. The van der Waals surface area contributed by atoms with Gasteiger partial charge in [0.1, 0.15) is 6.23 Å². The Morgan fingerprint density at radius 1 is 1.19 bits per heavy atom. The van der Waals surface area contributed by atoms with Gasteiger partial charge in [0, 0.05) is 11.4 Å². The van der Waals surface area contributed by atoms with Gasteiger partial charge >= 0.3 is 0 Å². The summed E-state index contributed by atoms with van der Waals surface area (Å²) < 4.78 is 0. The van der Waals surface area contributed by atoms with Crippen LogP contribution in [0.3, 0.4) is 0 Å². The Labute approximate surface area is 159 Å². The van der Waals surface area contributed by atoms with Gasteiger partial charge in [-0.05, 0) is 29.3 Å². The predicted molar refractivity (Wildman–Crippen MR) is 105 cm³/mol. The first-order chi connectivity index (χ1) is 12.5. The summed E-state index contributed by atoms with van der Waals surface area (Å²) in [6, 6.07) is 11.0. The Hall–Kier alpha value is -1.73. The van der Waals surface area contributed by atoms with Gasteiger partial charge in [-0.15, -0.1) is 0 Å². The first-order valence-electron chi connectivity index (χ1n) is 8.97. The Morgan fingerprint density at radius 2 is 1.92 bits per heavy atom. The lowest BCUT2D eigenvalue weighted by Crippen LogP contribution is -2.56. The Morgan fingerprint density at radius 3 is 2.50 bits per heavy atom. The molecule has 142 valence electrons. The van der Waals surface area contributed by atoms with Crippen LogP contribution in [0.2, 0.25) is 0 Å². The molecule has 0 aliphatic rings. The second-order valence-corrected chi connectivity index (χ2v) is 7.35. The van der Waals surface area contributed by atoms with Gasteiger partial charge in [-0.1, -0.05) is 50.6 Å². The fourth-order valence-electron chi connectivity index (χ4n) is 2.80. The summed E-state index contributed by atoms with van der Waals surface area (Å²) in [5.41, 5.74) is 1.59. The molecule has 5 nitrogen and oxygen atoms in total. The van der Waals surface area contributed by atoms with Crippen molar-refractivity contribution in [1.29, 1.82) is 0 Å². The van der Waals surface area contributed by atoms with Crippen molar-refractivity contribution >= 4 is 17.2 Å². The summed E-state index contributed by atoms with van der Waals surface area (Å²) in [4.78, 5) is 12.3. The second-order valence-electron chi connectivity index (χ2n) is 6.57. The molecule has 0 radical (unpaired) electrons. The number of amides is 1. The number of aliphatic hydroxyl groups is 2. The molecule has 1 heterocycles. The van der Waals surface area contributed by atoms with Gasteiger partial charge in [0.15, 0.2) is 0 Å². The van der Waals surface area contributed by atoms with Crippen LogP contribution in [0.25, 0.3) is 0 Å². The van der Waals surface area contributed by atoms with Crippen molar-refractivity contribution in [3.05, 3.63) is 58.3 Å². The maximum atomic E-state index is 12.3. The van der Waals surface area contributed by atoms with Gasteiger partial charge in [0.2, 0.25) is 0 Å². The lowest BCUT2D eigenvalue weighted by Gasteiger charge is -2.31. The van der Waals surface area contributed by atoms with Crippen molar-refractivity contribution in [2.75, 3.05) is 6.61 Å². The van der Waals surface area contributed by atoms with E-state index in [0.717, 1.165) is 12.0 Å². The number of aliphatic hydroxyl groups excluding tert-OH is 2. The van der Waals surface area contributed by atoms with Gasteiger partial charge in [0.05, 0.1) is 18.2 Å². The van der Waals surface area contributed by atoms with Crippen LogP contribution in [0, 0.1) is 5.92 Å². The number of thiophene rings is 1. The summed E-state index contributed by atoms with van der Waals surface area (Å²) in [5, 5.41) is 30.0. The fraction of sp³-hybridized carbons (Fsp3) is 0.450. The van der Waals surface area contributed by atoms with E-state index in [0.29, 0.717) is 12.0 Å². The predicted octanol–water partition coefficient (Wildman–Crippen LogP) is 2.40. The second kappa shape index (κ2) is 10.4. The number of nitrogens with one attached hydrogen (secondary N) is 2. The first kappa shape index (κ1) is 20.6. The molecule has 4 N–H and O–H groups in total. The minimum absolute atomic E-state index is 0.0223. The van der Waals surface area contributed by atoms with Crippen molar-refractivity contribution in [3.8, 4) is 0 Å². The number of benzene rings is 1. The smallest absolute Gasteiger partial charge is 0.254 e. The van der Waals surface area contributed by atoms with Crippen LogP contribution in [-0.2, 0) is 6.42 Å². The van der Waals surface area contributed by atoms with Crippen molar-refractivity contribution < 1.29 is 15.0 Å². The molecule has 0 saturated heterocycles. The van der Waals surface area contributed by atoms with Crippen molar-refractivity contribution in [2.45, 2.75) is 45.0 Å². The SMILES string of the molecule is CCC(C)C(CO)NC(Cc1ccccc1)C(O)NC(=O)c1ccsc1. The highest BCUT2D eigenvalue weighted by Gasteiger charge is 2.26. The van der Waals surface area contributed by atoms with Crippen molar-refractivity contribution in [2.24, 2.45) is 5.92 Å². The van der Waals surface area contributed by atoms with Crippen LogP contribution in [0.4, 0.5) is 0 Å². The van der Waals surface area contributed by atoms with Gasteiger partial charge in [-0.25, -0.2) is 0 Å². The van der Waals surface area contributed by atoms with Crippen LogP contribution in [0.5, 0.6) is 0 Å². The number of carbonyl (C=O) groups excluding carboxylic acids is 1. The molecule has 0 spiro atoms. The van der Waals surface area contributed by atoms with Crippen LogP contribution < -0.4 is 10.6 Å². The maximum absolute atomic E-state index is 12.3. The number of carbonyl (C=O) groups is 1. The number of hydrogen-bond acceptors (Lipinski definition) is 5. The van der Waals surface area contributed by atoms with E-state index in [-0.39, 0.29) is 24.5 Å². The highest BCUT2D eigenvalue weighted by atomic mass is 32.1. The van der Waals surface area contributed by atoms with Gasteiger partial charge in [0.25, 0.3) is 5.91 Å². The topological polar surface area (TPSA) is 81.6 Å². The van der Waals surface area contributed by atoms with Crippen molar-refractivity contribution in [3.63, 3.8) is 0 Å². The van der Waals surface area contributed by atoms with E-state index in [2.05, 4.69) is 24.5 Å². The van der Waals surface area contributed by atoms with Gasteiger partial charge in [-0.3, -0.25) is 4.79 Å². The average molecular weight is 377 g/mol. The van der Waals surface area contributed by atoms with Crippen LogP contribution in [0.15, 0.2) is 47.2 Å². The molecule has 0 aliphatic carbocycles. The van der Waals surface area contributed by atoms with E-state index in [4.69, 9.17) is 0 Å². The fourth-order valence-corrected chi connectivity index (χ4v) is 3.43.